The molecule has 6 heteroatoms. The summed E-state index contributed by atoms with van der Waals surface area (Å²) in [5.74, 6) is -0.288. The van der Waals surface area contributed by atoms with Gasteiger partial charge in [0.15, 0.2) is 11.5 Å². The van der Waals surface area contributed by atoms with E-state index >= 15 is 0 Å². The van der Waals surface area contributed by atoms with Crippen molar-refractivity contribution in [1.29, 1.82) is 0 Å². The first kappa shape index (κ1) is 18.9. The highest BCUT2D eigenvalue weighted by molar-refractivity contribution is 6.07. The second-order valence-corrected chi connectivity index (χ2v) is 7.43. The molecule has 29 heavy (non-hydrogen) atoms. The Balaban J connectivity index is 1.64. The van der Waals surface area contributed by atoms with E-state index in [1.54, 1.807) is 0 Å². The van der Waals surface area contributed by atoms with Gasteiger partial charge in [-0.15, -0.1) is 0 Å². The molecule has 0 saturated carbocycles. The van der Waals surface area contributed by atoms with E-state index in [1.807, 2.05) is 66.9 Å². The van der Waals surface area contributed by atoms with E-state index < -0.39 is 0 Å². The highest BCUT2D eigenvalue weighted by Gasteiger charge is 2.27. The van der Waals surface area contributed by atoms with Crippen molar-refractivity contribution in [2.75, 3.05) is 10.6 Å². The van der Waals surface area contributed by atoms with Gasteiger partial charge in [0.2, 0.25) is 0 Å². The Morgan fingerprint density at radius 1 is 0.966 bits per heavy atom. The molecule has 0 saturated heterocycles. The van der Waals surface area contributed by atoms with Gasteiger partial charge in [-0.05, 0) is 62.4 Å². The van der Waals surface area contributed by atoms with Crippen molar-refractivity contribution >= 4 is 23.2 Å². The molecule has 1 aliphatic heterocycles. The maximum Gasteiger partial charge on any atom is 0.291 e. The molecule has 2 heterocycles. The molecule has 0 fully saturated rings. The molecule has 148 valence electrons. The maximum absolute atomic E-state index is 13.0. The third-order valence-corrected chi connectivity index (χ3v) is 5.21. The molecule has 1 aliphatic rings. The molecule has 0 bridgehead atoms. The van der Waals surface area contributed by atoms with Crippen LogP contribution in [0.15, 0.2) is 48.5 Å². The molecule has 0 atom stereocenters. The Labute approximate surface area is 170 Å². The molecule has 0 spiro atoms. The Morgan fingerprint density at radius 3 is 2.59 bits per heavy atom. The number of amides is 2. The first-order valence-electron chi connectivity index (χ1n) is 9.87. The monoisotopic (exact) mass is 388 g/mol. The number of hydrogen-bond acceptors (Lipinski definition) is 3. The summed E-state index contributed by atoms with van der Waals surface area (Å²) in [5.41, 5.74) is 4.67. The molecular formula is C23H24N4O2. The predicted molar refractivity (Wildman–Crippen MR) is 113 cm³/mol. The zero-order valence-corrected chi connectivity index (χ0v) is 16.7. The number of nitrogens with one attached hydrogen (secondary N) is 2. The predicted octanol–water partition coefficient (Wildman–Crippen LogP) is 4.34. The van der Waals surface area contributed by atoms with E-state index in [2.05, 4.69) is 15.6 Å². The fraction of sp³-hybridized carbons (Fsp3) is 0.261. The molecule has 2 aromatic carbocycles. The van der Waals surface area contributed by atoms with Gasteiger partial charge in [-0.2, -0.15) is 0 Å². The topological polar surface area (TPSA) is 76.0 Å². The zero-order valence-electron chi connectivity index (χ0n) is 16.7. The number of fused-ring (bicyclic) bond motifs is 1. The number of hydrogen-bond donors (Lipinski definition) is 2. The number of carbonyl (C=O) groups excluding carboxylic acids is 2. The number of anilines is 2. The van der Waals surface area contributed by atoms with Crippen molar-refractivity contribution in [3.8, 4) is 0 Å². The van der Waals surface area contributed by atoms with Gasteiger partial charge in [-0.1, -0.05) is 30.3 Å². The normalized spacial score (nSPS) is 12.9. The lowest BCUT2D eigenvalue weighted by Crippen LogP contribution is -2.21. The molecule has 6 nitrogen and oxygen atoms in total. The number of aromatic nitrogens is 2. The molecule has 1 aromatic heterocycles. The molecular weight excluding hydrogens is 364 g/mol. The van der Waals surface area contributed by atoms with E-state index in [0.717, 1.165) is 41.8 Å². The van der Waals surface area contributed by atoms with Gasteiger partial charge >= 0.3 is 0 Å². The van der Waals surface area contributed by atoms with Crippen LogP contribution in [-0.2, 0) is 13.0 Å². The molecule has 4 rings (SSSR count). The summed E-state index contributed by atoms with van der Waals surface area (Å²) in [7, 11) is 0. The summed E-state index contributed by atoms with van der Waals surface area (Å²) in [6.07, 6.45) is 2.68. The van der Waals surface area contributed by atoms with Crippen LogP contribution in [0.2, 0.25) is 0 Å². The van der Waals surface area contributed by atoms with Crippen molar-refractivity contribution in [3.63, 3.8) is 0 Å². The summed E-state index contributed by atoms with van der Waals surface area (Å²) in [6, 6.07) is 15.2. The largest absolute Gasteiger partial charge is 0.323 e. The first-order chi connectivity index (χ1) is 14.0. The third-order valence-electron chi connectivity index (χ3n) is 5.21. The standard InChI is InChI=1S/C23H24N4O2/c1-15-8-7-10-17(14-15)24-23(29)21-26-20(19-12-5-6-13-27(19)21)22(28)25-18-11-4-3-9-16(18)2/h3-4,7-11,14H,5-6,12-13H2,1-2H3,(H,24,29)(H,25,28). The molecule has 0 unspecified atom stereocenters. The zero-order chi connectivity index (χ0) is 20.4. The van der Waals surface area contributed by atoms with Gasteiger partial charge in [0.05, 0.1) is 5.69 Å². The van der Waals surface area contributed by atoms with Crippen LogP contribution in [-0.4, -0.2) is 21.4 Å². The van der Waals surface area contributed by atoms with Gasteiger partial charge in [-0.3, -0.25) is 9.59 Å². The number of nitrogens with zero attached hydrogens (tertiary/aromatic N) is 2. The van der Waals surface area contributed by atoms with E-state index in [-0.39, 0.29) is 17.6 Å². The Hall–Kier alpha value is -3.41. The van der Waals surface area contributed by atoms with Crippen LogP contribution in [0.3, 0.4) is 0 Å². The lowest BCUT2D eigenvalue weighted by atomic mass is 10.1. The van der Waals surface area contributed by atoms with E-state index in [9.17, 15) is 9.59 Å². The lowest BCUT2D eigenvalue weighted by Gasteiger charge is -2.17. The minimum atomic E-state index is -0.298. The molecule has 2 amide bonds. The van der Waals surface area contributed by atoms with Gasteiger partial charge in [0.1, 0.15) is 0 Å². The molecule has 2 N–H and O–H groups in total. The highest BCUT2D eigenvalue weighted by Crippen LogP contribution is 2.23. The van der Waals surface area contributed by atoms with E-state index in [1.165, 1.54) is 0 Å². The van der Waals surface area contributed by atoms with E-state index in [4.69, 9.17) is 0 Å². The number of aryl methyl sites for hydroxylation is 2. The van der Waals surface area contributed by atoms with Gasteiger partial charge in [0.25, 0.3) is 11.8 Å². The molecule has 0 radical (unpaired) electrons. The Kier molecular flexibility index (Phi) is 5.16. The fourth-order valence-corrected chi connectivity index (χ4v) is 3.70. The van der Waals surface area contributed by atoms with Gasteiger partial charge in [-0.25, -0.2) is 4.98 Å². The van der Waals surface area contributed by atoms with Crippen LogP contribution in [0.4, 0.5) is 11.4 Å². The smallest absolute Gasteiger partial charge is 0.291 e. The number of rotatable bonds is 4. The summed E-state index contributed by atoms with van der Waals surface area (Å²) in [4.78, 5) is 30.4. The maximum atomic E-state index is 13.0. The van der Waals surface area contributed by atoms with Crippen LogP contribution in [0.5, 0.6) is 0 Å². The van der Waals surface area contributed by atoms with Crippen molar-refractivity contribution in [2.45, 2.75) is 39.7 Å². The summed E-state index contributed by atoms with van der Waals surface area (Å²) in [5, 5.41) is 5.85. The lowest BCUT2D eigenvalue weighted by molar-refractivity contribution is 0.101. The van der Waals surface area contributed by atoms with Crippen molar-refractivity contribution in [1.82, 2.24) is 9.55 Å². The number of carbonyl (C=O) groups is 2. The number of para-hydroxylation sites is 1. The SMILES string of the molecule is Cc1cccc(NC(=O)c2nc(C(=O)Nc3ccccc3C)c3n2CCCC3)c1. The Morgan fingerprint density at radius 2 is 1.79 bits per heavy atom. The number of benzene rings is 2. The number of imidazole rings is 1. The summed E-state index contributed by atoms with van der Waals surface area (Å²) < 4.78 is 1.89. The van der Waals surface area contributed by atoms with Crippen LogP contribution in [0.25, 0.3) is 0 Å². The van der Waals surface area contributed by atoms with Crippen molar-refractivity contribution in [3.05, 3.63) is 76.9 Å². The van der Waals surface area contributed by atoms with Crippen LogP contribution < -0.4 is 10.6 Å². The van der Waals surface area contributed by atoms with Gasteiger partial charge < -0.3 is 15.2 Å². The second kappa shape index (κ2) is 7.91. The van der Waals surface area contributed by atoms with Crippen molar-refractivity contribution < 1.29 is 9.59 Å². The third kappa shape index (κ3) is 3.92. The van der Waals surface area contributed by atoms with Crippen molar-refractivity contribution in [2.24, 2.45) is 0 Å². The summed E-state index contributed by atoms with van der Waals surface area (Å²) in [6.45, 7) is 4.61. The second-order valence-electron chi connectivity index (χ2n) is 7.43. The molecule has 3 aromatic rings. The van der Waals surface area contributed by atoms with E-state index in [0.29, 0.717) is 17.9 Å². The van der Waals surface area contributed by atoms with Gasteiger partial charge in [0, 0.05) is 17.9 Å². The summed E-state index contributed by atoms with van der Waals surface area (Å²) >= 11 is 0. The fourth-order valence-electron chi connectivity index (χ4n) is 3.70. The van der Waals surface area contributed by atoms with Crippen LogP contribution in [0, 0.1) is 13.8 Å². The highest BCUT2D eigenvalue weighted by atomic mass is 16.2. The minimum absolute atomic E-state index is 0.278. The Bertz CT molecular complexity index is 1080. The quantitative estimate of drug-likeness (QED) is 0.698. The minimum Gasteiger partial charge on any atom is -0.323 e. The van der Waals surface area contributed by atoms with Crippen LogP contribution in [0.1, 0.15) is 50.8 Å². The molecule has 0 aliphatic carbocycles. The average molecular weight is 388 g/mol. The average Bonchev–Trinajstić information content (AvgIpc) is 3.10. The van der Waals surface area contributed by atoms with Crippen LogP contribution >= 0.6 is 0 Å². The first-order valence-corrected chi connectivity index (χ1v) is 9.87.